The van der Waals surface area contributed by atoms with Crippen molar-refractivity contribution < 1.29 is 14.6 Å². The Morgan fingerprint density at radius 2 is 1.79 bits per heavy atom. The molecule has 1 N–H and O–H groups in total. The van der Waals surface area contributed by atoms with Crippen molar-refractivity contribution in [2.24, 2.45) is 0 Å². The predicted molar refractivity (Wildman–Crippen MR) is 74.5 cm³/mol. The summed E-state index contributed by atoms with van der Waals surface area (Å²) in [5.41, 5.74) is 1.38. The number of carbonyl (C=O) groups is 1. The number of phenols is 1. The quantitative estimate of drug-likeness (QED) is 0.672. The van der Waals surface area contributed by atoms with Gasteiger partial charge in [-0.2, -0.15) is 0 Å². The summed E-state index contributed by atoms with van der Waals surface area (Å²) in [5.74, 6) is 0.744. The van der Waals surface area contributed by atoms with Crippen molar-refractivity contribution in [3.63, 3.8) is 0 Å². The summed E-state index contributed by atoms with van der Waals surface area (Å²) in [6.45, 7) is 0. The molecule has 2 aromatic rings. The van der Waals surface area contributed by atoms with Crippen molar-refractivity contribution in [2.45, 2.75) is 0 Å². The summed E-state index contributed by atoms with van der Waals surface area (Å²) in [5, 5.41) is 9.17. The Morgan fingerprint density at radius 1 is 1.11 bits per heavy atom. The molecule has 0 bridgehead atoms. The van der Waals surface area contributed by atoms with Crippen LogP contribution in [-0.4, -0.2) is 18.0 Å². The van der Waals surface area contributed by atoms with Crippen molar-refractivity contribution in [2.75, 3.05) is 7.11 Å². The van der Waals surface area contributed by atoms with Crippen molar-refractivity contribution >= 4 is 11.9 Å². The van der Waals surface area contributed by atoms with Crippen LogP contribution in [0, 0.1) is 0 Å². The van der Waals surface area contributed by atoms with Gasteiger partial charge < -0.3 is 9.84 Å². The van der Waals surface area contributed by atoms with Crippen LogP contribution in [0.1, 0.15) is 15.9 Å². The van der Waals surface area contributed by atoms with Gasteiger partial charge in [0.15, 0.2) is 5.78 Å². The van der Waals surface area contributed by atoms with Gasteiger partial charge in [-0.1, -0.05) is 18.2 Å². The molecule has 0 aliphatic carbocycles. The summed E-state index contributed by atoms with van der Waals surface area (Å²) in [6.07, 6.45) is 3.21. The number of methoxy groups -OCH3 is 1. The molecule has 19 heavy (non-hydrogen) atoms. The van der Waals surface area contributed by atoms with Crippen molar-refractivity contribution in [1.29, 1.82) is 0 Å². The second-order valence-electron chi connectivity index (χ2n) is 3.99. The fraction of sp³-hybridized carbons (Fsp3) is 0.0625. The smallest absolute Gasteiger partial charge is 0.185 e. The number of allylic oxidation sites excluding steroid dienone is 1. The van der Waals surface area contributed by atoms with E-state index >= 15 is 0 Å². The van der Waals surface area contributed by atoms with Crippen LogP contribution in [0.25, 0.3) is 6.08 Å². The number of rotatable bonds is 4. The maximum absolute atomic E-state index is 11.9. The number of aromatic hydroxyl groups is 1. The number of hydrogen-bond acceptors (Lipinski definition) is 3. The first-order valence-electron chi connectivity index (χ1n) is 5.85. The summed E-state index contributed by atoms with van der Waals surface area (Å²) in [7, 11) is 1.59. The van der Waals surface area contributed by atoms with Crippen LogP contribution in [0.15, 0.2) is 54.6 Å². The molecule has 3 heteroatoms. The summed E-state index contributed by atoms with van der Waals surface area (Å²) >= 11 is 0. The van der Waals surface area contributed by atoms with E-state index in [0.29, 0.717) is 5.56 Å². The molecular formula is C16H14O3. The minimum Gasteiger partial charge on any atom is -0.508 e. The minimum atomic E-state index is -0.120. The second kappa shape index (κ2) is 5.87. The molecule has 2 rings (SSSR count). The molecule has 0 saturated heterocycles. The Balaban J connectivity index is 2.18. The van der Waals surface area contributed by atoms with Gasteiger partial charge in [0.05, 0.1) is 7.11 Å². The van der Waals surface area contributed by atoms with Crippen LogP contribution in [0.2, 0.25) is 0 Å². The molecular weight excluding hydrogens is 240 g/mol. The van der Waals surface area contributed by atoms with Crippen LogP contribution < -0.4 is 4.74 Å². The first kappa shape index (κ1) is 12.9. The molecule has 0 unspecified atom stereocenters. The van der Waals surface area contributed by atoms with E-state index in [1.807, 2.05) is 24.3 Å². The van der Waals surface area contributed by atoms with Gasteiger partial charge in [-0.25, -0.2) is 0 Å². The number of hydrogen-bond donors (Lipinski definition) is 1. The van der Waals surface area contributed by atoms with Gasteiger partial charge in [-0.05, 0) is 42.5 Å². The molecule has 3 nitrogen and oxygen atoms in total. The molecule has 0 spiro atoms. The standard InChI is InChI=1S/C16H14O3/c1-19-16-5-3-2-4-13(16)8-11-15(18)12-6-9-14(17)10-7-12/h2-11,17H,1H3. The normalized spacial score (nSPS) is 10.6. The average molecular weight is 254 g/mol. The van der Waals surface area contributed by atoms with Gasteiger partial charge in [0.1, 0.15) is 11.5 Å². The third-order valence-electron chi connectivity index (χ3n) is 2.71. The van der Waals surface area contributed by atoms with Crippen molar-refractivity contribution in [1.82, 2.24) is 0 Å². The molecule has 0 aromatic heterocycles. The zero-order valence-corrected chi connectivity index (χ0v) is 10.5. The number of ether oxygens (including phenoxy) is 1. The molecule has 0 saturated carbocycles. The number of benzene rings is 2. The Labute approximate surface area is 111 Å². The van der Waals surface area contributed by atoms with Gasteiger partial charge in [-0.3, -0.25) is 4.79 Å². The van der Waals surface area contributed by atoms with Gasteiger partial charge in [-0.15, -0.1) is 0 Å². The lowest BCUT2D eigenvalue weighted by Crippen LogP contribution is -1.93. The Bertz CT molecular complexity index is 598. The van der Waals surface area contributed by atoms with Gasteiger partial charge in [0.2, 0.25) is 0 Å². The summed E-state index contributed by atoms with van der Waals surface area (Å²) in [4.78, 5) is 11.9. The highest BCUT2D eigenvalue weighted by Crippen LogP contribution is 2.19. The fourth-order valence-corrected chi connectivity index (χ4v) is 1.69. The number of ketones is 1. The minimum absolute atomic E-state index is 0.120. The topological polar surface area (TPSA) is 46.5 Å². The third-order valence-corrected chi connectivity index (χ3v) is 2.71. The molecule has 0 heterocycles. The highest BCUT2D eigenvalue weighted by atomic mass is 16.5. The molecule has 0 aliphatic heterocycles. The van der Waals surface area contributed by atoms with Gasteiger partial charge >= 0.3 is 0 Å². The van der Waals surface area contributed by atoms with Gasteiger partial charge in [0, 0.05) is 11.1 Å². The maximum Gasteiger partial charge on any atom is 0.185 e. The summed E-state index contributed by atoms with van der Waals surface area (Å²) in [6, 6.07) is 13.6. The first-order chi connectivity index (χ1) is 9.20. The highest BCUT2D eigenvalue weighted by molar-refractivity contribution is 6.07. The molecule has 2 aromatic carbocycles. The molecule has 0 fully saturated rings. The van der Waals surface area contributed by atoms with E-state index in [2.05, 4.69) is 0 Å². The predicted octanol–water partition coefficient (Wildman–Crippen LogP) is 3.30. The molecule has 0 atom stereocenters. The van der Waals surface area contributed by atoms with E-state index in [-0.39, 0.29) is 11.5 Å². The number of carbonyl (C=O) groups excluding carboxylic acids is 1. The maximum atomic E-state index is 11.9. The Kier molecular flexibility index (Phi) is 3.98. The van der Waals surface area contributed by atoms with Gasteiger partial charge in [0.25, 0.3) is 0 Å². The largest absolute Gasteiger partial charge is 0.508 e. The van der Waals surface area contributed by atoms with Crippen LogP contribution in [0.4, 0.5) is 0 Å². The van der Waals surface area contributed by atoms with Crippen LogP contribution >= 0.6 is 0 Å². The summed E-state index contributed by atoms with van der Waals surface area (Å²) < 4.78 is 5.20. The molecule has 0 amide bonds. The number of para-hydroxylation sites is 1. The zero-order valence-electron chi connectivity index (χ0n) is 10.5. The number of phenolic OH excluding ortho intramolecular Hbond substituents is 1. The second-order valence-corrected chi connectivity index (χ2v) is 3.99. The monoisotopic (exact) mass is 254 g/mol. The Morgan fingerprint density at radius 3 is 2.47 bits per heavy atom. The molecule has 96 valence electrons. The van der Waals surface area contributed by atoms with E-state index in [9.17, 15) is 4.79 Å². The SMILES string of the molecule is COc1ccccc1C=CC(=O)c1ccc(O)cc1. The van der Waals surface area contributed by atoms with Crippen LogP contribution in [-0.2, 0) is 0 Å². The fourth-order valence-electron chi connectivity index (χ4n) is 1.69. The first-order valence-corrected chi connectivity index (χ1v) is 5.85. The third kappa shape index (κ3) is 3.22. The highest BCUT2D eigenvalue weighted by Gasteiger charge is 2.02. The Hall–Kier alpha value is -2.55. The lowest BCUT2D eigenvalue weighted by molar-refractivity contribution is 0.104. The molecule has 0 radical (unpaired) electrons. The van der Waals surface area contributed by atoms with Crippen LogP contribution in [0.5, 0.6) is 11.5 Å². The lowest BCUT2D eigenvalue weighted by atomic mass is 10.1. The van der Waals surface area contributed by atoms with E-state index in [0.717, 1.165) is 11.3 Å². The zero-order chi connectivity index (χ0) is 13.7. The lowest BCUT2D eigenvalue weighted by Gasteiger charge is -2.03. The van der Waals surface area contributed by atoms with E-state index < -0.39 is 0 Å². The molecule has 0 aliphatic rings. The van der Waals surface area contributed by atoms with E-state index in [1.165, 1.54) is 18.2 Å². The van der Waals surface area contributed by atoms with Crippen LogP contribution in [0.3, 0.4) is 0 Å². The van der Waals surface area contributed by atoms with E-state index in [4.69, 9.17) is 9.84 Å². The van der Waals surface area contributed by atoms with E-state index in [1.54, 1.807) is 25.3 Å². The van der Waals surface area contributed by atoms with Crippen molar-refractivity contribution in [3.05, 3.63) is 65.7 Å². The van der Waals surface area contributed by atoms with Crippen molar-refractivity contribution in [3.8, 4) is 11.5 Å². The average Bonchev–Trinajstić information content (AvgIpc) is 2.45.